The number of thiophene rings is 1. The molecular weight excluding hydrogens is 434 g/mol. The summed E-state index contributed by atoms with van der Waals surface area (Å²) in [5.41, 5.74) is 7.39. The van der Waals surface area contributed by atoms with Crippen LogP contribution >= 0.6 is 11.3 Å². The van der Waals surface area contributed by atoms with Crippen molar-refractivity contribution in [3.05, 3.63) is 41.6 Å². The summed E-state index contributed by atoms with van der Waals surface area (Å²) in [5, 5.41) is 17.0. The summed E-state index contributed by atoms with van der Waals surface area (Å²) in [6.45, 7) is 5.13. The molecule has 1 atom stereocenters. The number of rotatable bonds is 7. The molecule has 1 aromatic carbocycles. The highest BCUT2D eigenvalue weighted by Crippen LogP contribution is 2.35. The minimum absolute atomic E-state index is 0.326. The van der Waals surface area contributed by atoms with Gasteiger partial charge >= 0.3 is 5.97 Å². The maximum absolute atomic E-state index is 11.5. The number of carboxylic acid groups (broad SMARTS) is 1. The van der Waals surface area contributed by atoms with Gasteiger partial charge in [-0.15, -0.1) is 11.3 Å². The van der Waals surface area contributed by atoms with Crippen molar-refractivity contribution in [1.29, 1.82) is 0 Å². The van der Waals surface area contributed by atoms with Gasteiger partial charge in [0.05, 0.1) is 16.1 Å². The van der Waals surface area contributed by atoms with Crippen LogP contribution in [0.5, 0.6) is 0 Å². The second-order valence-corrected chi connectivity index (χ2v) is 10.1. The zero-order valence-electron chi connectivity index (χ0n) is 19.1. The van der Waals surface area contributed by atoms with E-state index in [1.165, 1.54) is 32.1 Å². The lowest BCUT2D eigenvalue weighted by atomic mass is 9.95. The van der Waals surface area contributed by atoms with Gasteiger partial charge in [-0.25, -0.2) is 14.8 Å². The number of aryl methyl sites for hydroxylation is 1. The first-order valence-corrected chi connectivity index (χ1v) is 12.6. The van der Waals surface area contributed by atoms with E-state index in [0.717, 1.165) is 58.2 Å². The standard InChI is InChI=1S/C22H26N4O2S.C3H7N/c1-14-12-25-22(24-10-4-6-15-5-3-9-23-13-15)26-20(14)19-11-17-16(21(27)28)7-2-8-18(17)29-19;4-3-1-2-3/h2,7-8,11-12,15,23H,3-6,9-10,13H2,1H3,(H,27,28)(H,24,25,26);3H,1-2,4H2. The predicted octanol–water partition coefficient (Wildman–Crippen LogP) is 4.66. The highest BCUT2D eigenvalue weighted by atomic mass is 32.1. The third-order valence-electron chi connectivity index (χ3n) is 6.09. The molecule has 2 fully saturated rings. The fourth-order valence-corrected chi connectivity index (χ4v) is 5.14. The zero-order valence-corrected chi connectivity index (χ0v) is 20.0. The number of aromatic nitrogens is 2. The minimum Gasteiger partial charge on any atom is -0.478 e. The molecular formula is C25H33N5O2S. The summed E-state index contributed by atoms with van der Waals surface area (Å²) >= 11 is 1.56. The van der Waals surface area contributed by atoms with Crippen molar-refractivity contribution in [2.24, 2.45) is 11.7 Å². The van der Waals surface area contributed by atoms with E-state index >= 15 is 0 Å². The van der Waals surface area contributed by atoms with Gasteiger partial charge < -0.3 is 21.5 Å². The van der Waals surface area contributed by atoms with Gasteiger partial charge in [0.1, 0.15) is 0 Å². The zero-order chi connectivity index (χ0) is 23.2. The van der Waals surface area contributed by atoms with Crippen LogP contribution in [0.3, 0.4) is 0 Å². The fourth-order valence-electron chi connectivity index (χ4n) is 4.00. The summed E-state index contributed by atoms with van der Waals surface area (Å²) < 4.78 is 0.952. The molecule has 5 N–H and O–H groups in total. The molecule has 1 unspecified atom stereocenters. The molecule has 33 heavy (non-hydrogen) atoms. The monoisotopic (exact) mass is 467 g/mol. The van der Waals surface area contributed by atoms with Gasteiger partial charge in [-0.1, -0.05) is 6.07 Å². The van der Waals surface area contributed by atoms with Crippen LogP contribution in [0.1, 0.15) is 54.4 Å². The maximum atomic E-state index is 11.5. The van der Waals surface area contributed by atoms with Gasteiger partial charge in [0.2, 0.25) is 5.95 Å². The Hall–Kier alpha value is -2.55. The van der Waals surface area contributed by atoms with Crippen LogP contribution < -0.4 is 16.4 Å². The van der Waals surface area contributed by atoms with Crippen molar-refractivity contribution in [3.8, 4) is 10.6 Å². The molecule has 3 aromatic rings. The number of carbonyl (C=O) groups is 1. The largest absolute Gasteiger partial charge is 0.478 e. The van der Waals surface area contributed by atoms with E-state index in [4.69, 9.17) is 10.7 Å². The van der Waals surface area contributed by atoms with Crippen molar-refractivity contribution in [2.45, 2.75) is 51.5 Å². The number of fused-ring (bicyclic) bond motifs is 1. The van der Waals surface area contributed by atoms with Gasteiger partial charge in [0, 0.05) is 28.9 Å². The molecule has 7 nitrogen and oxygen atoms in total. The lowest BCUT2D eigenvalue weighted by Gasteiger charge is -2.22. The summed E-state index contributed by atoms with van der Waals surface area (Å²) in [7, 11) is 0. The number of hydrogen-bond acceptors (Lipinski definition) is 7. The molecule has 1 aliphatic heterocycles. The maximum Gasteiger partial charge on any atom is 0.336 e. The Kier molecular flexibility index (Phi) is 7.90. The number of carboxylic acids is 1. The average Bonchev–Trinajstić information content (AvgIpc) is 3.48. The molecule has 0 spiro atoms. The van der Waals surface area contributed by atoms with Crippen molar-refractivity contribution in [1.82, 2.24) is 15.3 Å². The molecule has 0 bridgehead atoms. The number of piperidine rings is 1. The van der Waals surface area contributed by atoms with Crippen molar-refractivity contribution >= 4 is 33.3 Å². The second kappa shape index (κ2) is 11.0. The van der Waals surface area contributed by atoms with E-state index in [0.29, 0.717) is 17.6 Å². The van der Waals surface area contributed by atoms with Crippen LogP contribution in [0.2, 0.25) is 0 Å². The van der Waals surface area contributed by atoms with Crippen molar-refractivity contribution in [2.75, 3.05) is 25.0 Å². The van der Waals surface area contributed by atoms with E-state index in [9.17, 15) is 9.90 Å². The minimum atomic E-state index is -0.908. The summed E-state index contributed by atoms with van der Waals surface area (Å²) in [4.78, 5) is 21.6. The highest BCUT2D eigenvalue weighted by molar-refractivity contribution is 7.22. The third-order valence-corrected chi connectivity index (χ3v) is 7.20. The van der Waals surface area contributed by atoms with Crippen molar-refractivity contribution < 1.29 is 9.90 Å². The van der Waals surface area contributed by atoms with Gasteiger partial charge in [-0.2, -0.15) is 0 Å². The molecule has 2 aromatic heterocycles. The molecule has 3 heterocycles. The Balaban J connectivity index is 0.000000586. The third kappa shape index (κ3) is 6.50. The number of aromatic carboxylic acids is 1. The van der Waals surface area contributed by atoms with Crippen LogP contribution in [-0.2, 0) is 0 Å². The van der Waals surface area contributed by atoms with E-state index in [2.05, 4.69) is 15.6 Å². The predicted molar refractivity (Wildman–Crippen MR) is 135 cm³/mol. The number of hydrogen-bond donors (Lipinski definition) is 4. The SMILES string of the molecule is Cc1cnc(NCCCC2CCCNC2)nc1-c1cc2c(C(=O)O)cccc2s1.NC1CC1. The Labute approximate surface area is 198 Å². The Morgan fingerprint density at radius 2 is 2.15 bits per heavy atom. The Bertz CT molecular complexity index is 1090. The van der Waals surface area contributed by atoms with Crippen molar-refractivity contribution in [3.63, 3.8) is 0 Å². The quantitative estimate of drug-likeness (QED) is 0.374. The van der Waals surface area contributed by atoms with E-state index < -0.39 is 5.97 Å². The van der Waals surface area contributed by atoms with E-state index in [1.54, 1.807) is 23.5 Å². The number of nitrogens with two attached hydrogens (primary N) is 1. The summed E-state index contributed by atoms with van der Waals surface area (Å²) in [6, 6.07) is 7.89. The van der Waals surface area contributed by atoms with Gasteiger partial charge in [0.25, 0.3) is 0 Å². The number of anilines is 1. The molecule has 2 aliphatic rings. The number of benzene rings is 1. The highest BCUT2D eigenvalue weighted by Gasteiger charge is 2.16. The fraction of sp³-hybridized carbons (Fsp3) is 0.480. The van der Waals surface area contributed by atoms with Crippen LogP contribution in [0, 0.1) is 12.8 Å². The topological polar surface area (TPSA) is 113 Å². The molecule has 0 radical (unpaired) electrons. The van der Waals surface area contributed by atoms with Crippen LogP contribution in [-0.4, -0.2) is 46.7 Å². The van der Waals surface area contributed by atoms with E-state index in [-0.39, 0.29) is 0 Å². The van der Waals surface area contributed by atoms with Crippen LogP contribution in [0.4, 0.5) is 5.95 Å². The average molecular weight is 468 g/mol. The lowest BCUT2D eigenvalue weighted by molar-refractivity contribution is 0.0699. The molecule has 5 rings (SSSR count). The smallest absolute Gasteiger partial charge is 0.336 e. The molecule has 176 valence electrons. The first kappa shape index (κ1) is 23.6. The summed E-state index contributed by atoms with van der Waals surface area (Å²) in [5.74, 6) is 0.500. The van der Waals surface area contributed by atoms with Crippen LogP contribution in [0.25, 0.3) is 20.7 Å². The Morgan fingerprint density at radius 1 is 1.33 bits per heavy atom. The van der Waals surface area contributed by atoms with Crippen LogP contribution in [0.15, 0.2) is 30.5 Å². The Morgan fingerprint density at radius 3 is 2.85 bits per heavy atom. The molecule has 0 amide bonds. The van der Waals surface area contributed by atoms with Gasteiger partial charge in [-0.05, 0) is 88.2 Å². The number of nitrogens with zero attached hydrogens (tertiary/aromatic N) is 2. The van der Waals surface area contributed by atoms with E-state index in [1.807, 2.05) is 25.3 Å². The molecule has 8 heteroatoms. The van der Waals surface area contributed by atoms with Gasteiger partial charge in [0.15, 0.2) is 0 Å². The van der Waals surface area contributed by atoms with Gasteiger partial charge in [-0.3, -0.25) is 0 Å². The normalized spacial score (nSPS) is 17.9. The number of nitrogens with one attached hydrogen (secondary N) is 2. The second-order valence-electron chi connectivity index (χ2n) is 8.98. The molecule has 1 saturated carbocycles. The lowest BCUT2D eigenvalue weighted by Crippen LogP contribution is -2.29. The summed E-state index contributed by atoms with van der Waals surface area (Å²) in [6.07, 6.45) is 9.28. The first-order valence-electron chi connectivity index (χ1n) is 11.8. The first-order chi connectivity index (χ1) is 16.0. The molecule has 1 saturated heterocycles. The molecule has 1 aliphatic carbocycles.